The van der Waals surface area contributed by atoms with Crippen LogP contribution in [0.4, 0.5) is 0 Å². The lowest BCUT2D eigenvalue weighted by Crippen LogP contribution is -2.41. The lowest BCUT2D eigenvalue weighted by atomic mass is 10.1. The first-order chi connectivity index (χ1) is 10.8. The summed E-state index contributed by atoms with van der Waals surface area (Å²) >= 11 is 0. The van der Waals surface area contributed by atoms with Crippen molar-refractivity contribution in [3.63, 3.8) is 0 Å². The number of nitrogens with zero attached hydrogens (tertiary/aromatic N) is 3. The summed E-state index contributed by atoms with van der Waals surface area (Å²) in [6, 6.07) is 7.63. The van der Waals surface area contributed by atoms with Gasteiger partial charge in [-0.3, -0.25) is 4.79 Å². The summed E-state index contributed by atoms with van der Waals surface area (Å²) < 4.78 is 1.98. The third-order valence-electron chi connectivity index (χ3n) is 3.89. The van der Waals surface area contributed by atoms with Gasteiger partial charge in [0.2, 0.25) is 0 Å². The van der Waals surface area contributed by atoms with Crippen LogP contribution in [0.3, 0.4) is 0 Å². The van der Waals surface area contributed by atoms with Crippen LogP contribution >= 0.6 is 0 Å². The van der Waals surface area contributed by atoms with Gasteiger partial charge >= 0.3 is 0 Å². The van der Waals surface area contributed by atoms with Gasteiger partial charge in [0.05, 0.1) is 11.7 Å². The Hall–Kier alpha value is -2.14. The highest BCUT2D eigenvalue weighted by molar-refractivity contribution is 5.96. The second-order valence-electron chi connectivity index (χ2n) is 6.21. The first-order valence-electron chi connectivity index (χ1n) is 7.92. The first-order valence-corrected chi connectivity index (χ1v) is 7.92. The Morgan fingerprint density at radius 2 is 2.00 bits per heavy atom. The van der Waals surface area contributed by atoms with Crippen molar-refractivity contribution in [2.45, 2.75) is 46.8 Å². The van der Waals surface area contributed by atoms with Crippen molar-refractivity contribution < 1.29 is 9.90 Å². The summed E-state index contributed by atoms with van der Waals surface area (Å²) in [7, 11) is 0. The molecular weight excluding hydrogens is 290 g/mol. The van der Waals surface area contributed by atoms with Gasteiger partial charge in [-0.25, -0.2) is 4.98 Å². The summed E-state index contributed by atoms with van der Waals surface area (Å²) in [6.07, 6.45) is 1.18. The Morgan fingerprint density at radius 1 is 1.30 bits per heavy atom. The molecule has 0 saturated carbocycles. The SMILES string of the molecule is Cc1cc(C(=O)N(CC(C)O)C(C)C)c(C)n1-c1ccccn1. The second-order valence-corrected chi connectivity index (χ2v) is 6.21. The monoisotopic (exact) mass is 315 g/mol. The molecule has 1 N–H and O–H groups in total. The Morgan fingerprint density at radius 3 is 2.52 bits per heavy atom. The van der Waals surface area contributed by atoms with E-state index < -0.39 is 6.10 Å². The van der Waals surface area contributed by atoms with Gasteiger partial charge in [0.1, 0.15) is 5.82 Å². The molecule has 1 atom stereocenters. The molecule has 5 nitrogen and oxygen atoms in total. The molecule has 23 heavy (non-hydrogen) atoms. The van der Waals surface area contributed by atoms with E-state index in [4.69, 9.17) is 0 Å². The smallest absolute Gasteiger partial charge is 0.256 e. The van der Waals surface area contributed by atoms with Gasteiger partial charge in [-0.2, -0.15) is 0 Å². The average Bonchev–Trinajstić information content (AvgIpc) is 2.79. The number of carbonyl (C=O) groups excluding carboxylic acids is 1. The third-order valence-corrected chi connectivity index (χ3v) is 3.89. The number of amides is 1. The van der Waals surface area contributed by atoms with Crippen molar-refractivity contribution in [3.05, 3.63) is 47.4 Å². The minimum absolute atomic E-state index is 0.0232. The van der Waals surface area contributed by atoms with E-state index in [2.05, 4.69) is 4.98 Å². The van der Waals surface area contributed by atoms with E-state index in [9.17, 15) is 9.90 Å². The zero-order valence-electron chi connectivity index (χ0n) is 14.4. The summed E-state index contributed by atoms with van der Waals surface area (Å²) in [4.78, 5) is 19.0. The molecule has 0 aromatic carbocycles. The van der Waals surface area contributed by atoms with E-state index >= 15 is 0 Å². The number of carbonyl (C=O) groups is 1. The standard InChI is InChI=1S/C18H25N3O2/c1-12(2)20(11-14(4)22)18(23)16-10-13(3)21(15(16)5)17-8-6-7-9-19-17/h6-10,12,14,22H,11H2,1-5H3. The molecular formula is C18H25N3O2. The minimum Gasteiger partial charge on any atom is -0.392 e. The summed E-state index contributed by atoms with van der Waals surface area (Å²) in [6.45, 7) is 9.82. The van der Waals surface area contributed by atoms with E-state index in [1.807, 2.05) is 56.5 Å². The zero-order valence-corrected chi connectivity index (χ0v) is 14.4. The summed E-state index contributed by atoms with van der Waals surface area (Å²) in [5.41, 5.74) is 2.48. The van der Waals surface area contributed by atoms with Crippen molar-refractivity contribution in [2.24, 2.45) is 0 Å². The second kappa shape index (κ2) is 6.96. The highest BCUT2D eigenvalue weighted by Gasteiger charge is 2.24. The fraction of sp³-hybridized carbons (Fsp3) is 0.444. The van der Waals surface area contributed by atoms with Crippen molar-refractivity contribution in [2.75, 3.05) is 6.54 Å². The molecule has 0 aliphatic carbocycles. The first kappa shape index (κ1) is 17.2. The van der Waals surface area contributed by atoms with Crippen LogP contribution in [0.5, 0.6) is 0 Å². The molecule has 0 aliphatic heterocycles. The van der Waals surface area contributed by atoms with Crippen LogP contribution < -0.4 is 0 Å². The number of rotatable bonds is 5. The van der Waals surface area contributed by atoms with E-state index in [1.165, 1.54) is 0 Å². The van der Waals surface area contributed by atoms with Gasteiger partial charge in [0.15, 0.2) is 0 Å². The van der Waals surface area contributed by atoms with Crippen molar-refractivity contribution in [1.29, 1.82) is 0 Å². The molecule has 2 aromatic heterocycles. The van der Waals surface area contributed by atoms with Crippen LogP contribution in [0.1, 0.15) is 42.5 Å². The molecule has 0 radical (unpaired) electrons. The third kappa shape index (κ3) is 3.62. The van der Waals surface area contributed by atoms with Crippen LogP contribution in [0.25, 0.3) is 5.82 Å². The predicted molar refractivity (Wildman–Crippen MR) is 90.9 cm³/mol. The Labute approximate surface area is 137 Å². The van der Waals surface area contributed by atoms with E-state index in [-0.39, 0.29) is 11.9 Å². The number of aromatic nitrogens is 2. The Bertz CT molecular complexity index is 675. The average molecular weight is 315 g/mol. The van der Waals surface area contributed by atoms with E-state index in [0.29, 0.717) is 12.1 Å². The number of hydrogen-bond acceptors (Lipinski definition) is 3. The zero-order chi connectivity index (χ0) is 17.1. The van der Waals surface area contributed by atoms with Gasteiger partial charge in [-0.15, -0.1) is 0 Å². The highest BCUT2D eigenvalue weighted by atomic mass is 16.3. The molecule has 0 spiro atoms. The molecule has 0 bridgehead atoms. The molecule has 124 valence electrons. The van der Waals surface area contributed by atoms with Crippen molar-refractivity contribution in [1.82, 2.24) is 14.5 Å². The quantitative estimate of drug-likeness (QED) is 0.923. The molecule has 0 aliphatic rings. The van der Waals surface area contributed by atoms with E-state index in [0.717, 1.165) is 17.2 Å². The Kier molecular flexibility index (Phi) is 5.21. The maximum atomic E-state index is 12.9. The molecule has 0 fully saturated rings. The normalized spacial score (nSPS) is 12.5. The van der Waals surface area contributed by atoms with Crippen LogP contribution in [0, 0.1) is 13.8 Å². The van der Waals surface area contributed by atoms with Crippen molar-refractivity contribution in [3.8, 4) is 5.82 Å². The number of aliphatic hydroxyl groups is 1. The fourth-order valence-corrected chi connectivity index (χ4v) is 2.79. The molecule has 5 heteroatoms. The number of aliphatic hydroxyl groups excluding tert-OH is 1. The highest BCUT2D eigenvalue weighted by Crippen LogP contribution is 2.21. The van der Waals surface area contributed by atoms with Crippen molar-refractivity contribution >= 4 is 5.91 Å². The summed E-state index contributed by atoms with van der Waals surface area (Å²) in [5.74, 6) is 0.740. The fourth-order valence-electron chi connectivity index (χ4n) is 2.79. The lowest BCUT2D eigenvalue weighted by molar-refractivity contribution is 0.0578. The molecule has 2 heterocycles. The van der Waals surface area contributed by atoms with Gasteiger partial charge in [0.25, 0.3) is 5.91 Å². The lowest BCUT2D eigenvalue weighted by Gasteiger charge is -2.28. The molecule has 2 aromatic rings. The minimum atomic E-state index is -0.555. The molecule has 0 saturated heterocycles. The molecule has 1 amide bonds. The maximum Gasteiger partial charge on any atom is 0.256 e. The van der Waals surface area contributed by atoms with Gasteiger partial charge < -0.3 is 14.6 Å². The van der Waals surface area contributed by atoms with E-state index in [1.54, 1.807) is 18.0 Å². The van der Waals surface area contributed by atoms with Crippen LogP contribution in [0.2, 0.25) is 0 Å². The summed E-state index contributed by atoms with van der Waals surface area (Å²) in [5, 5.41) is 9.67. The van der Waals surface area contributed by atoms with Gasteiger partial charge in [0, 0.05) is 30.2 Å². The topological polar surface area (TPSA) is 58.4 Å². The molecule has 1 unspecified atom stereocenters. The Balaban J connectivity index is 2.43. The van der Waals surface area contributed by atoms with Gasteiger partial charge in [-0.05, 0) is 52.8 Å². The van der Waals surface area contributed by atoms with Gasteiger partial charge in [-0.1, -0.05) is 6.07 Å². The maximum absolute atomic E-state index is 12.9. The van der Waals surface area contributed by atoms with Crippen LogP contribution in [-0.4, -0.2) is 44.2 Å². The largest absolute Gasteiger partial charge is 0.392 e. The predicted octanol–water partition coefficient (Wildman–Crippen LogP) is 2.72. The van der Waals surface area contributed by atoms with Crippen LogP contribution in [0.15, 0.2) is 30.5 Å². The number of aryl methyl sites for hydroxylation is 1. The van der Waals surface area contributed by atoms with Crippen LogP contribution in [-0.2, 0) is 0 Å². The number of hydrogen-bond donors (Lipinski definition) is 1. The number of pyridine rings is 1. The molecule has 2 rings (SSSR count).